The quantitative estimate of drug-likeness (QED) is 0.837. The lowest BCUT2D eigenvalue weighted by molar-refractivity contribution is -0.121. The number of nitriles is 1. The molecule has 0 aliphatic carbocycles. The van der Waals surface area contributed by atoms with Gasteiger partial charge >= 0.3 is 0 Å². The molecule has 18 heavy (non-hydrogen) atoms. The van der Waals surface area contributed by atoms with Crippen LogP contribution in [0.2, 0.25) is 0 Å². The first kappa shape index (κ1) is 14.9. The summed E-state index contributed by atoms with van der Waals surface area (Å²) < 4.78 is 0.751. The van der Waals surface area contributed by atoms with Crippen molar-refractivity contribution in [2.24, 2.45) is 5.92 Å². The molecule has 0 aromatic carbocycles. The van der Waals surface area contributed by atoms with Crippen LogP contribution in [-0.2, 0) is 4.79 Å². The molecule has 7 heteroatoms. The van der Waals surface area contributed by atoms with E-state index < -0.39 is 5.54 Å². The van der Waals surface area contributed by atoms with Crippen molar-refractivity contribution >= 4 is 29.0 Å². The van der Waals surface area contributed by atoms with Gasteiger partial charge in [-0.3, -0.25) is 4.79 Å². The number of nitrogens with one attached hydrogen (secondary N) is 1. The minimum Gasteiger partial charge on any atom is -0.337 e. The van der Waals surface area contributed by atoms with E-state index >= 15 is 0 Å². The van der Waals surface area contributed by atoms with Gasteiger partial charge in [-0.2, -0.15) is 5.26 Å². The molecule has 2 atom stereocenters. The maximum Gasteiger partial charge on any atom is 0.234 e. The van der Waals surface area contributed by atoms with Crippen LogP contribution < -0.4 is 5.32 Å². The summed E-state index contributed by atoms with van der Waals surface area (Å²) in [6.07, 6.45) is 0. The predicted octanol–water partition coefficient (Wildman–Crippen LogP) is 2.07. The number of amides is 1. The molecule has 1 aromatic rings. The number of aromatic nitrogens is 2. The number of rotatable bonds is 5. The second-order valence-electron chi connectivity index (χ2n) is 4.42. The van der Waals surface area contributed by atoms with Crippen LogP contribution in [0, 0.1) is 17.2 Å². The van der Waals surface area contributed by atoms with Crippen LogP contribution in [0.1, 0.15) is 27.7 Å². The molecule has 0 aliphatic rings. The fourth-order valence-electron chi connectivity index (χ4n) is 1.08. The van der Waals surface area contributed by atoms with Gasteiger partial charge in [0, 0.05) is 0 Å². The van der Waals surface area contributed by atoms with E-state index in [1.807, 2.05) is 13.8 Å². The molecule has 1 aromatic heterocycles. The lowest BCUT2D eigenvalue weighted by atomic mass is 9.90. The van der Waals surface area contributed by atoms with Crippen molar-refractivity contribution in [1.82, 2.24) is 15.5 Å². The van der Waals surface area contributed by atoms with E-state index in [-0.39, 0.29) is 17.1 Å². The Kier molecular flexibility index (Phi) is 5.11. The van der Waals surface area contributed by atoms with Crippen molar-refractivity contribution in [3.05, 3.63) is 5.51 Å². The first-order chi connectivity index (χ1) is 8.39. The van der Waals surface area contributed by atoms with Gasteiger partial charge in [-0.1, -0.05) is 36.9 Å². The summed E-state index contributed by atoms with van der Waals surface area (Å²) in [5, 5.41) is 19.2. The average Bonchev–Trinajstić information content (AvgIpc) is 2.81. The highest BCUT2D eigenvalue weighted by Gasteiger charge is 2.31. The van der Waals surface area contributed by atoms with Gasteiger partial charge in [0.2, 0.25) is 5.91 Å². The standard InChI is InChI=1S/C11H16N4OS2/c1-7(2)11(4,5-12)14-9(16)8(3)18-10-15-13-6-17-10/h6-8H,1-4H3,(H,14,16)/t8-,11-/m0/s1. The summed E-state index contributed by atoms with van der Waals surface area (Å²) in [7, 11) is 0. The molecular formula is C11H16N4OS2. The Morgan fingerprint density at radius 1 is 1.61 bits per heavy atom. The maximum absolute atomic E-state index is 12.0. The van der Waals surface area contributed by atoms with Crippen molar-refractivity contribution in [3.63, 3.8) is 0 Å². The molecule has 0 saturated carbocycles. The topological polar surface area (TPSA) is 78.7 Å². The Morgan fingerprint density at radius 2 is 2.28 bits per heavy atom. The minimum absolute atomic E-state index is 0.0465. The van der Waals surface area contributed by atoms with Crippen LogP contribution in [0.25, 0.3) is 0 Å². The van der Waals surface area contributed by atoms with E-state index in [9.17, 15) is 4.79 Å². The zero-order valence-corrected chi connectivity index (χ0v) is 12.4. The highest BCUT2D eigenvalue weighted by atomic mass is 32.2. The zero-order chi connectivity index (χ0) is 13.8. The van der Waals surface area contributed by atoms with Crippen LogP contribution in [0.3, 0.4) is 0 Å². The maximum atomic E-state index is 12.0. The fraction of sp³-hybridized carbons (Fsp3) is 0.636. The molecule has 0 spiro atoms. The van der Waals surface area contributed by atoms with Crippen molar-refractivity contribution in [3.8, 4) is 6.07 Å². The first-order valence-electron chi connectivity index (χ1n) is 5.55. The van der Waals surface area contributed by atoms with Crippen LogP contribution in [0.5, 0.6) is 0 Å². The van der Waals surface area contributed by atoms with E-state index in [2.05, 4.69) is 21.6 Å². The molecule has 1 heterocycles. The number of carbonyl (C=O) groups excluding carboxylic acids is 1. The molecular weight excluding hydrogens is 268 g/mol. The lowest BCUT2D eigenvalue weighted by Gasteiger charge is -2.28. The number of hydrogen-bond acceptors (Lipinski definition) is 6. The third-order valence-electron chi connectivity index (χ3n) is 2.76. The molecule has 0 unspecified atom stereocenters. The zero-order valence-electron chi connectivity index (χ0n) is 10.8. The number of thioether (sulfide) groups is 1. The normalized spacial score (nSPS) is 15.8. The van der Waals surface area contributed by atoms with Gasteiger partial charge in [0.05, 0.1) is 11.3 Å². The Bertz CT molecular complexity index is 440. The van der Waals surface area contributed by atoms with E-state index in [1.165, 1.54) is 23.1 Å². The third kappa shape index (κ3) is 3.68. The van der Waals surface area contributed by atoms with E-state index in [1.54, 1.807) is 19.4 Å². The molecule has 0 bridgehead atoms. The summed E-state index contributed by atoms with van der Waals surface area (Å²) in [5.41, 5.74) is 0.785. The summed E-state index contributed by atoms with van der Waals surface area (Å²) >= 11 is 2.74. The van der Waals surface area contributed by atoms with Gasteiger partial charge in [-0.25, -0.2) is 0 Å². The minimum atomic E-state index is -0.840. The number of hydrogen-bond donors (Lipinski definition) is 1. The van der Waals surface area contributed by atoms with E-state index in [0.29, 0.717) is 0 Å². The van der Waals surface area contributed by atoms with Crippen LogP contribution >= 0.6 is 23.1 Å². The second-order valence-corrected chi connectivity index (χ2v) is 6.84. The van der Waals surface area contributed by atoms with Crippen molar-refractivity contribution in [2.45, 2.75) is 42.8 Å². The summed E-state index contributed by atoms with van der Waals surface area (Å²) in [4.78, 5) is 12.0. The van der Waals surface area contributed by atoms with Crippen molar-refractivity contribution in [1.29, 1.82) is 5.26 Å². The van der Waals surface area contributed by atoms with Gasteiger partial charge < -0.3 is 5.32 Å². The molecule has 0 saturated heterocycles. The molecule has 5 nitrogen and oxygen atoms in total. The third-order valence-corrected chi connectivity index (χ3v) is 4.67. The highest BCUT2D eigenvalue weighted by molar-refractivity contribution is 8.02. The highest BCUT2D eigenvalue weighted by Crippen LogP contribution is 2.25. The predicted molar refractivity (Wildman–Crippen MR) is 72.2 cm³/mol. The second kappa shape index (κ2) is 6.16. The van der Waals surface area contributed by atoms with Gasteiger partial charge in [-0.15, -0.1) is 10.2 Å². The fourth-order valence-corrected chi connectivity index (χ4v) is 2.70. The Morgan fingerprint density at radius 3 is 2.72 bits per heavy atom. The Hall–Kier alpha value is -1.13. The first-order valence-corrected chi connectivity index (χ1v) is 7.31. The SMILES string of the molecule is CC(C)[C@](C)(C#N)NC(=O)[C@H](C)Sc1nncs1. The smallest absolute Gasteiger partial charge is 0.234 e. The molecule has 1 amide bonds. The molecule has 98 valence electrons. The molecule has 0 radical (unpaired) electrons. The number of carbonyl (C=O) groups is 1. The molecule has 0 aliphatic heterocycles. The molecule has 0 fully saturated rings. The molecule has 1 N–H and O–H groups in total. The molecule has 1 rings (SSSR count). The summed E-state index contributed by atoms with van der Waals surface area (Å²) in [6.45, 7) is 7.34. The van der Waals surface area contributed by atoms with E-state index in [4.69, 9.17) is 5.26 Å². The van der Waals surface area contributed by atoms with Gasteiger partial charge in [0.25, 0.3) is 0 Å². The Labute approximate surface area is 115 Å². The van der Waals surface area contributed by atoms with Gasteiger partial charge in [0.1, 0.15) is 11.0 Å². The largest absolute Gasteiger partial charge is 0.337 e. The Balaban J connectivity index is 2.63. The van der Waals surface area contributed by atoms with Crippen LogP contribution in [0.4, 0.5) is 0 Å². The summed E-state index contributed by atoms with van der Waals surface area (Å²) in [6, 6.07) is 2.16. The summed E-state index contributed by atoms with van der Waals surface area (Å²) in [5.74, 6) is -0.113. The average molecular weight is 284 g/mol. The monoisotopic (exact) mass is 284 g/mol. The van der Waals surface area contributed by atoms with Gasteiger partial charge in [0.15, 0.2) is 4.34 Å². The van der Waals surface area contributed by atoms with Crippen LogP contribution in [0.15, 0.2) is 9.85 Å². The lowest BCUT2D eigenvalue weighted by Crippen LogP contribution is -2.51. The number of nitrogens with zero attached hydrogens (tertiary/aromatic N) is 3. The van der Waals surface area contributed by atoms with Crippen molar-refractivity contribution in [2.75, 3.05) is 0 Å². The van der Waals surface area contributed by atoms with Crippen molar-refractivity contribution < 1.29 is 4.79 Å². The van der Waals surface area contributed by atoms with E-state index in [0.717, 1.165) is 4.34 Å². The van der Waals surface area contributed by atoms with Gasteiger partial charge in [-0.05, 0) is 19.8 Å². The van der Waals surface area contributed by atoms with Crippen LogP contribution in [-0.4, -0.2) is 26.9 Å².